The van der Waals surface area contributed by atoms with Crippen LogP contribution < -0.4 is 14.8 Å². The molecule has 1 fully saturated rings. The first-order valence-corrected chi connectivity index (χ1v) is 8.31. The summed E-state index contributed by atoms with van der Waals surface area (Å²) in [6.45, 7) is 2.01. The van der Waals surface area contributed by atoms with E-state index in [9.17, 15) is 4.79 Å². The number of aryl methyl sites for hydroxylation is 1. The van der Waals surface area contributed by atoms with Crippen molar-refractivity contribution in [1.82, 2.24) is 5.32 Å². The van der Waals surface area contributed by atoms with E-state index in [1.165, 1.54) is 0 Å². The number of hydrogen-bond acceptors (Lipinski definition) is 3. The number of carbonyl (C=O) groups excluding carboxylic acids is 1. The summed E-state index contributed by atoms with van der Waals surface area (Å²) in [5, 5.41) is 3.44. The molecule has 0 bridgehead atoms. The lowest BCUT2D eigenvalue weighted by Crippen LogP contribution is -2.30. The lowest BCUT2D eigenvalue weighted by atomic mass is 10.0. The van der Waals surface area contributed by atoms with Crippen LogP contribution in [-0.2, 0) is 4.79 Å². The summed E-state index contributed by atoms with van der Waals surface area (Å²) in [6, 6.07) is 11.7. The number of amides is 1. The van der Waals surface area contributed by atoms with Gasteiger partial charge in [-0.05, 0) is 55.7 Å². The first kappa shape index (κ1) is 16.7. The van der Waals surface area contributed by atoms with Crippen molar-refractivity contribution < 1.29 is 14.3 Å². The summed E-state index contributed by atoms with van der Waals surface area (Å²) in [5.74, 6) is 1.22. The zero-order valence-corrected chi connectivity index (χ0v) is 14.5. The third-order valence-electron chi connectivity index (χ3n) is 3.85. The van der Waals surface area contributed by atoms with Crippen molar-refractivity contribution in [2.24, 2.45) is 0 Å². The molecule has 1 aliphatic carbocycles. The average molecular weight is 346 g/mol. The fourth-order valence-electron chi connectivity index (χ4n) is 2.49. The number of nitrogens with one attached hydrogen (secondary N) is 1. The molecule has 0 saturated heterocycles. The first-order chi connectivity index (χ1) is 11.5. The topological polar surface area (TPSA) is 47.6 Å². The fraction of sp³-hybridized carbons (Fsp3) is 0.316. The van der Waals surface area contributed by atoms with Crippen molar-refractivity contribution in [2.75, 3.05) is 13.7 Å². The third-order valence-corrected chi connectivity index (χ3v) is 4.07. The van der Waals surface area contributed by atoms with E-state index in [2.05, 4.69) is 5.32 Å². The lowest BCUT2D eigenvalue weighted by Gasteiger charge is -2.12. The minimum Gasteiger partial charge on any atom is -0.496 e. The van der Waals surface area contributed by atoms with Crippen LogP contribution in [0.25, 0.3) is 11.1 Å². The Morgan fingerprint density at radius 3 is 2.75 bits per heavy atom. The molecule has 0 aromatic heterocycles. The van der Waals surface area contributed by atoms with Gasteiger partial charge in [-0.2, -0.15) is 0 Å². The van der Waals surface area contributed by atoms with Gasteiger partial charge in [0.15, 0.2) is 6.61 Å². The number of benzene rings is 2. The van der Waals surface area contributed by atoms with Crippen LogP contribution in [0.4, 0.5) is 0 Å². The molecule has 1 amide bonds. The molecule has 5 heteroatoms. The summed E-state index contributed by atoms with van der Waals surface area (Å²) < 4.78 is 11.0. The Balaban J connectivity index is 1.80. The highest BCUT2D eigenvalue weighted by Gasteiger charge is 2.23. The normalized spacial score (nSPS) is 13.5. The highest BCUT2D eigenvalue weighted by Crippen LogP contribution is 2.35. The maximum atomic E-state index is 11.8. The van der Waals surface area contributed by atoms with E-state index >= 15 is 0 Å². The summed E-state index contributed by atoms with van der Waals surface area (Å²) in [4.78, 5) is 11.8. The predicted octanol–water partition coefficient (Wildman–Crippen LogP) is 3.98. The van der Waals surface area contributed by atoms with Gasteiger partial charge in [0.05, 0.1) is 7.11 Å². The molecule has 4 nitrogen and oxygen atoms in total. The van der Waals surface area contributed by atoms with E-state index in [1.807, 2.05) is 37.3 Å². The summed E-state index contributed by atoms with van der Waals surface area (Å²) in [6.07, 6.45) is 2.11. The second kappa shape index (κ2) is 7.14. The summed E-state index contributed by atoms with van der Waals surface area (Å²) in [5.41, 5.74) is 2.95. The molecular formula is C19H20ClNO3. The minimum atomic E-state index is -0.104. The number of ether oxygens (including phenoxy) is 2. The van der Waals surface area contributed by atoms with E-state index in [0.717, 1.165) is 35.3 Å². The minimum absolute atomic E-state index is 0.0127. The molecular weight excluding hydrogens is 326 g/mol. The molecule has 0 aliphatic heterocycles. The highest BCUT2D eigenvalue weighted by molar-refractivity contribution is 6.31. The zero-order valence-electron chi connectivity index (χ0n) is 13.8. The van der Waals surface area contributed by atoms with Crippen molar-refractivity contribution in [2.45, 2.75) is 25.8 Å². The third kappa shape index (κ3) is 4.20. The van der Waals surface area contributed by atoms with Crippen LogP contribution in [0.2, 0.25) is 5.02 Å². The van der Waals surface area contributed by atoms with Crippen molar-refractivity contribution in [3.8, 4) is 22.6 Å². The monoisotopic (exact) mass is 345 g/mol. The van der Waals surface area contributed by atoms with Crippen LogP contribution in [0.1, 0.15) is 18.4 Å². The SMILES string of the molecule is COc1ccc(C)cc1-c1cc(Cl)cc(OCC(=O)NC2CC2)c1. The standard InChI is InChI=1S/C19H20ClNO3/c1-12-3-6-18(23-2)17(7-12)13-8-14(20)10-16(9-13)24-11-19(22)21-15-4-5-15/h3,6-10,15H,4-5,11H2,1-2H3,(H,21,22). The average Bonchev–Trinajstić information content (AvgIpc) is 3.36. The van der Waals surface area contributed by atoms with Gasteiger partial charge in [0.2, 0.25) is 0 Å². The van der Waals surface area contributed by atoms with Gasteiger partial charge in [-0.3, -0.25) is 4.79 Å². The molecule has 0 spiro atoms. The van der Waals surface area contributed by atoms with Gasteiger partial charge in [-0.25, -0.2) is 0 Å². The van der Waals surface area contributed by atoms with E-state index in [4.69, 9.17) is 21.1 Å². The molecule has 1 N–H and O–H groups in total. The largest absolute Gasteiger partial charge is 0.496 e. The van der Waals surface area contributed by atoms with Gasteiger partial charge in [-0.1, -0.05) is 23.2 Å². The number of halogens is 1. The maximum Gasteiger partial charge on any atom is 0.258 e. The van der Waals surface area contributed by atoms with E-state index in [1.54, 1.807) is 13.2 Å². The van der Waals surface area contributed by atoms with Crippen LogP contribution >= 0.6 is 11.6 Å². The molecule has 126 valence electrons. The van der Waals surface area contributed by atoms with Gasteiger partial charge >= 0.3 is 0 Å². The second-order valence-corrected chi connectivity index (χ2v) is 6.45. The summed E-state index contributed by atoms with van der Waals surface area (Å²) >= 11 is 6.22. The number of hydrogen-bond donors (Lipinski definition) is 1. The Hall–Kier alpha value is -2.20. The number of methoxy groups -OCH3 is 1. The number of carbonyl (C=O) groups is 1. The predicted molar refractivity (Wildman–Crippen MR) is 94.8 cm³/mol. The second-order valence-electron chi connectivity index (χ2n) is 6.01. The van der Waals surface area contributed by atoms with Gasteiger partial charge in [0.25, 0.3) is 5.91 Å². The molecule has 24 heavy (non-hydrogen) atoms. The quantitative estimate of drug-likeness (QED) is 0.861. The van der Waals surface area contributed by atoms with E-state index in [0.29, 0.717) is 16.8 Å². The lowest BCUT2D eigenvalue weighted by molar-refractivity contribution is -0.123. The van der Waals surface area contributed by atoms with E-state index < -0.39 is 0 Å². The Bertz CT molecular complexity index is 756. The zero-order chi connectivity index (χ0) is 17.1. The van der Waals surface area contributed by atoms with Gasteiger partial charge in [-0.15, -0.1) is 0 Å². The van der Waals surface area contributed by atoms with Gasteiger partial charge < -0.3 is 14.8 Å². The van der Waals surface area contributed by atoms with Crippen LogP contribution in [0, 0.1) is 6.92 Å². The Morgan fingerprint density at radius 1 is 1.25 bits per heavy atom. The van der Waals surface area contributed by atoms with Crippen molar-refractivity contribution >= 4 is 17.5 Å². The van der Waals surface area contributed by atoms with Crippen molar-refractivity contribution in [3.05, 3.63) is 47.0 Å². The van der Waals surface area contributed by atoms with Crippen LogP contribution in [-0.4, -0.2) is 25.7 Å². The Labute approximate surface area is 146 Å². The molecule has 0 heterocycles. The van der Waals surface area contributed by atoms with E-state index in [-0.39, 0.29) is 12.5 Å². The summed E-state index contributed by atoms with van der Waals surface area (Å²) in [7, 11) is 1.64. The number of rotatable bonds is 6. The van der Waals surface area contributed by atoms with Crippen LogP contribution in [0.3, 0.4) is 0 Å². The molecule has 2 aromatic carbocycles. The Kier molecular flexibility index (Phi) is 4.95. The maximum absolute atomic E-state index is 11.8. The highest BCUT2D eigenvalue weighted by atomic mass is 35.5. The van der Waals surface area contributed by atoms with Crippen LogP contribution in [0.15, 0.2) is 36.4 Å². The smallest absolute Gasteiger partial charge is 0.258 e. The molecule has 3 rings (SSSR count). The molecule has 2 aromatic rings. The molecule has 1 saturated carbocycles. The van der Waals surface area contributed by atoms with Crippen LogP contribution in [0.5, 0.6) is 11.5 Å². The van der Waals surface area contributed by atoms with Gasteiger partial charge in [0, 0.05) is 16.6 Å². The first-order valence-electron chi connectivity index (χ1n) is 7.93. The van der Waals surface area contributed by atoms with Crippen molar-refractivity contribution in [3.63, 3.8) is 0 Å². The van der Waals surface area contributed by atoms with Crippen molar-refractivity contribution in [1.29, 1.82) is 0 Å². The fourth-order valence-corrected chi connectivity index (χ4v) is 2.72. The Morgan fingerprint density at radius 2 is 2.04 bits per heavy atom. The molecule has 0 atom stereocenters. The van der Waals surface area contributed by atoms with Gasteiger partial charge in [0.1, 0.15) is 11.5 Å². The molecule has 0 radical (unpaired) electrons. The molecule has 1 aliphatic rings. The molecule has 0 unspecified atom stereocenters.